The summed E-state index contributed by atoms with van der Waals surface area (Å²) in [6.07, 6.45) is 2.81. The molecule has 0 bridgehead atoms. The van der Waals surface area contributed by atoms with Gasteiger partial charge in [0.1, 0.15) is 0 Å². The van der Waals surface area contributed by atoms with Crippen LogP contribution in [0.25, 0.3) is 0 Å². The van der Waals surface area contributed by atoms with E-state index in [0.717, 1.165) is 0 Å². The minimum Gasteiger partial charge on any atom is -0.284 e. The molecule has 0 saturated heterocycles. The van der Waals surface area contributed by atoms with Crippen LogP contribution < -0.4 is 9.44 Å². The topological polar surface area (TPSA) is 86.9 Å². The second-order valence-corrected chi connectivity index (χ2v) is 3.42. The van der Waals surface area contributed by atoms with Crippen molar-refractivity contribution in [3.05, 3.63) is 12.4 Å². The smallest absolute Gasteiger partial charge is 0.284 e. The van der Waals surface area contributed by atoms with Crippen LogP contribution in [0.5, 0.6) is 0 Å². The van der Waals surface area contributed by atoms with E-state index >= 15 is 0 Å². The Hall–Kier alpha value is -1.08. The highest BCUT2D eigenvalue weighted by atomic mass is 32.2. The summed E-state index contributed by atoms with van der Waals surface area (Å²) >= 11 is 0. The third-order valence-electron chi connectivity index (χ3n) is 1.02. The third kappa shape index (κ3) is 2.20. The van der Waals surface area contributed by atoms with E-state index in [9.17, 15) is 8.42 Å². The molecular weight excluding hydrogens is 168 g/mol. The maximum atomic E-state index is 10.8. The van der Waals surface area contributed by atoms with Gasteiger partial charge in [-0.25, -0.2) is 4.72 Å². The van der Waals surface area contributed by atoms with Gasteiger partial charge in [0.05, 0.1) is 11.9 Å². The van der Waals surface area contributed by atoms with E-state index in [4.69, 9.17) is 0 Å². The second kappa shape index (κ2) is 2.89. The largest absolute Gasteiger partial charge is 0.298 e. The lowest BCUT2D eigenvalue weighted by Crippen LogP contribution is -2.26. The first-order valence-electron chi connectivity index (χ1n) is 2.84. The summed E-state index contributed by atoms with van der Waals surface area (Å²) in [4.78, 5) is 0. The minimum absolute atomic E-state index is 0.402. The molecule has 62 valence electrons. The first kappa shape index (κ1) is 8.02. The number of nitrogens with zero attached hydrogens (tertiary/aromatic N) is 1. The number of aromatic amines is 1. The van der Waals surface area contributed by atoms with E-state index < -0.39 is 10.2 Å². The van der Waals surface area contributed by atoms with Gasteiger partial charge in [-0.1, -0.05) is 0 Å². The van der Waals surface area contributed by atoms with Crippen molar-refractivity contribution in [2.24, 2.45) is 0 Å². The molecule has 3 N–H and O–H groups in total. The van der Waals surface area contributed by atoms with Crippen LogP contribution in [0.15, 0.2) is 12.4 Å². The maximum absolute atomic E-state index is 10.8. The molecule has 1 heterocycles. The van der Waals surface area contributed by atoms with Crippen LogP contribution in [0.2, 0.25) is 0 Å². The summed E-state index contributed by atoms with van der Waals surface area (Å²) < 4.78 is 25.9. The molecule has 0 amide bonds. The number of rotatable bonds is 3. The summed E-state index contributed by atoms with van der Waals surface area (Å²) in [7, 11) is -2.08. The second-order valence-electron chi connectivity index (χ2n) is 1.80. The van der Waals surface area contributed by atoms with Gasteiger partial charge >= 0.3 is 0 Å². The van der Waals surface area contributed by atoms with Crippen LogP contribution in [-0.4, -0.2) is 25.7 Å². The number of aromatic nitrogens is 2. The highest BCUT2D eigenvalue weighted by Crippen LogP contribution is 2.01. The zero-order chi connectivity index (χ0) is 8.32. The van der Waals surface area contributed by atoms with Crippen molar-refractivity contribution in [1.29, 1.82) is 0 Å². The summed E-state index contributed by atoms with van der Waals surface area (Å²) in [6.45, 7) is 0. The fourth-order valence-corrected chi connectivity index (χ4v) is 1.04. The number of hydrogen-bond donors (Lipinski definition) is 3. The van der Waals surface area contributed by atoms with Gasteiger partial charge in [0.15, 0.2) is 0 Å². The average molecular weight is 176 g/mol. The van der Waals surface area contributed by atoms with E-state index in [1.807, 2.05) is 0 Å². The third-order valence-corrected chi connectivity index (χ3v) is 2.06. The molecule has 6 nitrogen and oxygen atoms in total. The average Bonchev–Trinajstić information content (AvgIpc) is 2.39. The Morgan fingerprint density at radius 3 is 2.82 bits per heavy atom. The Labute approximate surface area is 64.2 Å². The van der Waals surface area contributed by atoms with E-state index in [1.165, 1.54) is 19.4 Å². The van der Waals surface area contributed by atoms with Gasteiger partial charge in [-0.2, -0.15) is 13.5 Å². The van der Waals surface area contributed by atoms with E-state index in [-0.39, 0.29) is 0 Å². The molecular formula is C4H8N4O2S. The Morgan fingerprint density at radius 1 is 1.64 bits per heavy atom. The number of H-pyrrole nitrogens is 1. The molecule has 0 aliphatic heterocycles. The Balaban J connectivity index is 2.72. The lowest BCUT2D eigenvalue weighted by atomic mass is 10.6. The number of nitrogens with one attached hydrogen (secondary N) is 3. The van der Waals surface area contributed by atoms with Gasteiger partial charge in [-0.3, -0.25) is 9.82 Å². The quantitative estimate of drug-likeness (QED) is 0.568. The zero-order valence-electron chi connectivity index (χ0n) is 5.83. The Bertz CT molecular complexity index is 303. The van der Waals surface area contributed by atoms with Crippen LogP contribution in [0.3, 0.4) is 0 Å². The summed E-state index contributed by atoms with van der Waals surface area (Å²) in [5.41, 5.74) is 0.402. The number of anilines is 1. The molecule has 1 rings (SSSR count). The van der Waals surface area contributed by atoms with Gasteiger partial charge < -0.3 is 0 Å². The van der Waals surface area contributed by atoms with Gasteiger partial charge in [-0.15, -0.1) is 0 Å². The lowest BCUT2D eigenvalue weighted by Gasteiger charge is -2.01. The zero-order valence-corrected chi connectivity index (χ0v) is 6.64. The monoisotopic (exact) mass is 176 g/mol. The normalized spacial score (nSPS) is 11.4. The molecule has 0 fully saturated rings. The fraction of sp³-hybridized carbons (Fsp3) is 0.250. The summed E-state index contributed by atoms with van der Waals surface area (Å²) in [6, 6.07) is 0. The number of hydrogen-bond acceptors (Lipinski definition) is 3. The molecule has 0 saturated carbocycles. The van der Waals surface area contributed by atoms with Crippen LogP contribution in [0.1, 0.15) is 0 Å². The summed E-state index contributed by atoms with van der Waals surface area (Å²) in [5.74, 6) is 0. The van der Waals surface area contributed by atoms with Crippen molar-refractivity contribution < 1.29 is 8.42 Å². The predicted octanol–water partition coefficient (Wildman–Crippen LogP) is -0.714. The predicted molar refractivity (Wildman–Crippen MR) is 40.2 cm³/mol. The van der Waals surface area contributed by atoms with Crippen LogP contribution in [0, 0.1) is 0 Å². The molecule has 0 aromatic carbocycles. The molecule has 0 radical (unpaired) electrons. The van der Waals surface area contributed by atoms with Crippen molar-refractivity contribution in [3.63, 3.8) is 0 Å². The van der Waals surface area contributed by atoms with Crippen molar-refractivity contribution in [2.45, 2.75) is 0 Å². The molecule has 0 unspecified atom stereocenters. The molecule has 0 aliphatic carbocycles. The van der Waals surface area contributed by atoms with Crippen molar-refractivity contribution in [2.75, 3.05) is 11.8 Å². The standard InChI is InChI=1S/C4H8N4O2S/c1-5-11(9,10)8-4-2-6-7-3-4/h2-3,5,8H,1H3,(H,6,7). The molecule has 0 aliphatic rings. The van der Waals surface area contributed by atoms with Crippen molar-refractivity contribution in [3.8, 4) is 0 Å². The van der Waals surface area contributed by atoms with Gasteiger partial charge in [-0.05, 0) is 0 Å². The van der Waals surface area contributed by atoms with Gasteiger partial charge in [0.2, 0.25) is 0 Å². The molecule has 0 atom stereocenters. The van der Waals surface area contributed by atoms with Gasteiger partial charge in [0.25, 0.3) is 10.2 Å². The van der Waals surface area contributed by atoms with Crippen molar-refractivity contribution in [1.82, 2.24) is 14.9 Å². The Morgan fingerprint density at radius 2 is 2.36 bits per heavy atom. The Kier molecular flexibility index (Phi) is 2.11. The van der Waals surface area contributed by atoms with E-state index in [0.29, 0.717) is 5.69 Å². The van der Waals surface area contributed by atoms with Crippen LogP contribution in [-0.2, 0) is 10.2 Å². The molecule has 7 heteroatoms. The van der Waals surface area contributed by atoms with E-state index in [2.05, 4.69) is 19.6 Å². The fourth-order valence-electron chi connectivity index (χ4n) is 0.513. The summed E-state index contributed by atoms with van der Waals surface area (Å²) in [5, 5.41) is 6.03. The molecule has 0 spiro atoms. The van der Waals surface area contributed by atoms with Crippen LogP contribution in [0.4, 0.5) is 5.69 Å². The molecule has 11 heavy (non-hydrogen) atoms. The van der Waals surface area contributed by atoms with Crippen LogP contribution >= 0.6 is 0 Å². The molecule has 1 aromatic heterocycles. The minimum atomic E-state index is -3.40. The SMILES string of the molecule is CNS(=O)(=O)Nc1cn[nH]c1. The van der Waals surface area contributed by atoms with Gasteiger partial charge in [0, 0.05) is 13.2 Å². The van der Waals surface area contributed by atoms with E-state index in [1.54, 1.807) is 0 Å². The highest BCUT2D eigenvalue weighted by molar-refractivity contribution is 7.90. The first-order valence-corrected chi connectivity index (χ1v) is 4.32. The lowest BCUT2D eigenvalue weighted by molar-refractivity contribution is 0.593. The molecule has 1 aromatic rings. The highest BCUT2D eigenvalue weighted by Gasteiger charge is 2.05. The maximum Gasteiger partial charge on any atom is 0.298 e. The first-order chi connectivity index (χ1) is 5.14. The van der Waals surface area contributed by atoms with Crippen molar-refractivity contribution >= 4 is 15.9 Å².